The van der Waals surface area contributed by atoms with Gasteiger partial charge in [0.15, 0.2) is 5.16 Å². The Morgan fingerprint density at radius 2 is 1.03 bits per heavy atom. The molecule has 10 rings (SSSR count). The first-order valence-electron chi connectivity index (χ1n) is 20.1. The highest BCUT2D eigenvalue weighted by Crippen LogP contribution is 2.37. The van der Waals surface area contributed by atoms with E-state index in [-0.39, 0.29) is 22.5 Å². The van der Waals surface area contributed by atoms with Gasteiger partial charge in [0, 0.05) is 54.5 Å². The summed E-state index contributed by atoms with van der Waals surface area (Å²) in [6.07, 6.45) is 6.31. The van der Waals surface area contributed by atoms with Crippen molar-refractivity contribution in [1.82, 2.24) is 39.5 Å². The molecule has 4 aromatic heterocycles. The summed E-state index contributed by atoms with van der Waals surface area (Å²) >= 11 is 1.62. The zero-order valence-corrected chi connectivity index (χ0v) is 35.6. The molecule has 4 heterocycles. The van der Waals surface area contributed by atoms with E-state index >= 15 is 0 Å². The quantitative estimate of drug-likeness (QED) is 0.0756. The Hall–Kier alpha value is -6.90. The maximum Gasteiger partial charge on any atom is 0.248 e. The van der Waals surface area contributed by atoms with Gasteiger partial charge >= 0.3 is 0 Å². The van der Waals surface area contributed by atoms with E-state index in [1.54, 1.807) is 70.8 Å². The molecule has 0 aliphatic heterocycles. The van der Waals surface area contributed by atoms with E-state index in [4.69, 9.17) is 4.98 Å². The summed E-state index contributed by atoms with van der Waals surface area (Å²) in [5, 5.41) is 9.60. The Bertz CT molecular complexity index is 3060. The van der Waals surface area contributed by atoms with Crippen LogP contribution in [0.15, 0.2) is 144 Å². The topological polar surface area (TPSA) is 155 Å². The van der Waals surface area contributed by atoms with E-state index in [1.165, 1.54) is 5.56 Å². The monoisotopic (exact) mass is 856 g/mol. The minimum Gasteiger partial charge on any atom is -0.287 e. The number of carbonyl (C=O) groups is 2. The molecule has 0 bridgehead atoms. The van der Waals surface area contributed by atoms with E-state index in [1.807, 2.05) is 86.0 Å². The fourth-order valence-electron chi connectivity index (χ4n) is 7.90. The second-order valence-corrected chi connectivity index (χ2v) is 17.9. The number of hydrogen-bond donors (Lipinski definition) is 0. The summed E-state index contributed by atoms with van der Waals surface area (Å²) < 4.78 is 29.4. The Morgan fingerprint density at radius 1 is 0.581 bits per heavy atom. The van der Waals surface area contributed by atoms with Gasteiger partial charge in [-0.3, -0.25) is 19.0 Å². The minimum absolute atomic E-state index is 0.0383. The predicted molar refractivity (Wildman–Crippen MR) is 236 cm³/mol. The van der Waals surface area contributed by atoms with Gasteiger partial charge < -0.3 is 0 Å². The maximum atomic E-state index is 13.1. The normalized spacial score (nSPS) is 12.5. The Morgan fingerprint density at radius 3 is 1.55 bits per heavy atom. The Labute approximate surface area is 363 Å². The van der Waals surface area contributed by atoms with E-state index in [0.717, 1.165) is 57.4 Å². The number of hydrogen-bond acceptors (Lipinski definition) is 11. The summed E-state index contributed by atoms with van der Waals surface area (Å²) in [5.41, 5.74) is 10.8. The lowest BCUT2D eigenvalue weighted by molar-refractivity contribution is 0.102. The van der Waals surface area contributed by atoms with Crippen LogP contribution in [0.25, 0.3) is 22.8 Å². The number of aryl methyl sites for hydroxylation is 4. The van der Waals surface area contributed by atoms with Crippen molar-refractivity contribution in [3.63, 3.8) is 0 Å². The number of nitrogens with zero attached hydrogens (tertiary/aromatic N) is 8. The molecule has 0 unspecified atom stereocenters. The lowest BCUT2D eigenvalue weighted by atomic mass is 9.91. The van der Waals surface area contributed by atoms with Crippen molar-refractivity contribution in [3.8, 4) is 22.8 Å². The summed E-state index contributed by atoms with van der Waals surface area (Å²) in [5.74, 6) is 0.443. The van der Waals surface area contributed by atoms with Gasteiger partial charge in [-0.1, -0.05) is 133 Å². The van der Waals surface area contributed by atoms with Gasteiger partial charge in [0.1, 0.15) is 11.4 Å². The van der Waals surface area contributed by atoms with Crippen LogP contribution in [0, 0.1) is 0 Å². The largest absolute Gasteiger partial charge is 0.287 e. The average Bonchev–Trinajstić information content (AvgIpc) is 3.85. The highest BCUT2D eigenvalue weighted by molar-refractivity contribution is 7.98. The summed E-state index contributed by atoms with van der Waals surface area (Å²) in [4.78, 5) is 44.1. The predicted octanol–water partition coefficient (Wildman–Crippen LogP) is 7.68. The standard InChI is InChI=1S/C24H20N4O3S.C24H20N4OS/c1-28-22-19(21(27-28)23(29)17-10-6-3-7-11-17)13-12-18-14-25-24(26-20(18)22)32(30,31)15-16-8-4-2-5-9-16;1-28-22-19(21(27-28)23(29)17-10-6-3-7-11-17)13-12-18-14-25-24(26-20(18)22)30-15-16-8-4-2-5-9-16/h2-11,14H,12-13,15H2,1H3;2-11,14H,12-13,15H2,1H3. The van der Waals surface area contributed by atoms with Crippen molar-refractivity contribution in [2.24, 2.45) is 14.1 Å². The molecule has 14 heteroatoms. The molecule has 0 amide bonds. The second kappa shape index (κ2) is 17.2. The fraction of sp³-hybridized carbons (Fsp3) is 0.167. The number of thioether (sulfide) groups is 1. The van der Waals surface area contributed by atoms with Crippen LogP contribution in [0.5, 0.6) is 0 Å². The van der Waals surface area contributed by atoms with E-state index in [2.05, 4.69) is 37.3 Å². The third kappa shape index (κ3) is 8.14. The van der Waals surface area contributed by atoms with Crippen molar-refractivity contribution in [2.75, 3.05) is 0 Å². The molecule has 62 heavy (non-hydrogen) atoms. The van der Waals surface area contributed by atoms with Crippen molar-refractivity contribution in [2.45, 2.75) is 47.5 Å². The molecule has 4 aromatic carbocycles. The zero-order chi connectivity index (χ0) is 42.8. The molecule has 2 aliphatic carbocycles. The van der Waals surface area contributed by atoms with Gasteiger partial charge in [-0.05, 0) is 47.9 Å². The van der Waals surface area contributed by atoms with Crippen LogP contribution in [0.2, 0.25) is 0 Å². The highest BCUT2D eigenvalue weighted by Gasteiger charge is 2.32. The van der Waals surface area contributed by atoms with Crippen molar-refractivity contribution >= 4 is 33.2 Å². The SMILES string of the molecule is Cn1nc(C(=O)c2ccccc2)c2c1-c1nc(S(=O)(=O)Cc3ccccc3)ncc1CC2.Cn1nc(C(=O)c2ccccc2)c2c1-c1nc(SCc3ccccc3)ncc1CC2. The third-order valence-corrected chi connectivity index (χ3v) is 13.3. The molecule has 0 spiro atoms. The summed E-state index contributed by atoms with van der Waals surface area (Å²) in [6.45, 7) is 0. The number of ketones is 2. The molecule has 0 saturated carbocycles. The molecule has 0 fully saturated rings. The molecule has 12 nitrogen and oxygen atoms in total. The van der Waals surface area contributed by atoms with E-state index in [0.29, 0.717) is 52.3 Å². The van der Waals surface area contributed by atoms with Crippen LogP contribution < -0.4 is 0 Å². The van der Waals surface area contributed by atoms with Gasteiger partial charge in [0.2, 0.25) is 26.6 Å². The number of aromatic nitrogens is 8. The lowest BCUT2D eigenvalue weighted by Crippen LogP contribution is -2.15. The second-order valence-electron chi connectivity index (χ2n) is 15.1. The average molecular weight is 857 g/mol. The first-order chi connectivity index (χ1) is 30.1. The van der Waals surface area contributed by atoms with Gasteiger partial charge in [-0.25, -0.2) is 28.4 Å². The highest BCUT2D eigenvalue weighted by atomic mass is 32.2. The molecule has 0 saturated heterocycles. The van der Waals surface area contributed by atoms with Gasteiger partial charge in [0.25, 0.3) is 0 Å². The molecule has 2 aliphatic rings. The summed E-state index contributed by atoms with van der Waals surface area (Å²) in [7, 11) is -0.104. The van der Waals surface area contributed by atoms with Crippen LogP contribution in [0.1, 0.15) is 65.5 Å². The fourth-order valence-corrected chi connectivity index (χ4v) is 9.87. The number of sulfone groups is 1. The number of fused-ring (bicyclic) bond motifs is 6. The molecule has 0 N–H and O–H groups in total. The number of benzene rings is 4. The van der Waals surface area contributed by atoms with Gasteiger partial charge in [-0.15, -0.1) is 0 Å². The van der Waals surface area contributed by atoms with E-state index < -0.39 is 9.84 Å². The van der Waals surface area contributed by atoms with Crippen LogP contribution in [0.3, 0.4) is 0 Å². The van der Waals surface area contributed by atoms with Crippen molar-refractivity contribution in [3.05, 3.63) is 190 Å². The first-order valence-corrected chi connectivity index (χ1v) is 22.8. The van der Waals surface area contributed by atoms with Gasteiger partial charge in [-0.2, -0.15) is 10.2 Å². The third-order valence-electron chi connectivity index (χ3n) is 10.9. The van der Waals surface area contributed by atoms with Crippen molar-refractivity contribution < 1.29 is 18.0 Å². The first kappa shape index (κ1) is 40.5. The lowest BCUT2D eigenvalue weighted by Gasteiger charge is -2.17. The van der Waals surface area contributed by atoms with Crippen molar-refractivity contribution in [1.29, 1.82) is 0 Å². The Balaban J connectivity index is 0.000000158. The minimum atomic E-state index is -3.73. The molecular formula is C48H40N8O4S2. The van der Waals surface area contributed by atoms with Crippen LogP contribution in [-0.4, -0.2) is 59.5 Å². The number of rotatable bonds is 10. The molecule has 308 valence electrons. The van der Waals surface area contributed by atoms with Crippen LogP contribution in [0.4, 0.5) is 0 Å². The smallest absolute Gasteiger partial charge is 0.248 e. The molecule has 0 radical (unpaired) electrons. The maximum absolute atomic E-state index is 13.1. The van der Waals surface area contributed by atoms with Gasteiger partial charge in [0.05, 0.1) is 28.5 Å². The molecule has 0 atom stereocenters. The van der Waals surface area contributed by atoms with Crippen LogP contribution in [-0.2, 0) is 61.1 Å². The zero-order valence-electron chi connectivity index (χ0n) is 34.0. The van der Waals surface area contributed by atoms with E-state index in [9.17, 15) is 18.0 Å². The molecule has 8 aromatic rings. The van der Waals surface area contributed by atoms with Crippen LogP contribution >= 0.6 is 11.8 Å². The number of carbonyl (C=O) groups excluding carboxylic acids is 2. The molecular weight excluding hydrogens is 817 g/mol. The summed E-state index contributed by atoms with van der Waals surface area (Å²) in [6, 6.07) is 37.6. The Kier molecular flexibility index (Phi) is 11.3.